The Labute approximate surface area is 229 Å². The number of methoxy groups -OCH3 is 2. The fourth-order valence-electron chi connectivity index (χ4n) is 3.97. The van der Waals surface area contributed by atoms with E-state index in [0.717, 1.165) is 5.56 Å². The number of benzene rings is 2. The van der Waals surface area contributed by atoms with Crippen molar-refractivity contribution < 1.29 is 36.3 Å². The first-order valence-electron chi connectivity index (χ1n) is 11.8. The number of ketones is 1. The molecule has 0 radical (unpaired) electrons. The molecular weight excluding hydrogens is 552 g/mol. The summed E-state index contributed by atoms with van der Waals surface area (Å²) in [6.45, 7) is 1.85. The zero-order valence-corrected chi connectivity index (χ0v) is 23.3. The van der Waals surface area contributed by atoms with Gasteiger partial charge >= 0.3 is 0 Å². The second-order valence-electron chi connectivity index (χ2n) is 8.67. The topological polar surface area (TPSA) is 129 Å². The van der Waals surface area contributed by atoms with Gasteiger partial charge in [0.1, 0.15) is 32.8 Å². The Bertz CT molecular complexity index is 1400. The van der Waals surface area contributed by atoms with Crippen LogP contribution in [0.15, 0.2) is 42.5 Å². The van der Waals surface area contributed by atoms with Crippen molar-refractivity contribution >= 4 is 33.1 Å². The Morgan fingerprint density at radius 1 is 1.10 bits per heavy atom. The molecule has 0 fully saturated rings. The van der Waals surface area contributed by atoms with Crippen molar-refractivity contribution in [3.8, 4) is 11.5 Å². The van der Waals surface area contributed by atoms with Gasteiger partial charge in [0.05, 0.1) is 20.8 Å². The normalized spacial score (nSPS) is 11.5. The second kappa shape index (κ2) is 13.1. The van der Waals surface area contributed by atoms with Crippen LogP contribution in [0.1, 0.15) is 54.7 Å². The molecule has 0 atom stereocenters. The number of aromatic nitrogens is 1. The average Bonchev–Trinajstić information content (AvgIpc) is 3.32. The predicted octanol–water partition coefficient (Wildman–Crippen LogP) is 4.15. The third kappa shape index (κ3) is 8.04. The van der Waals surface area contributed by atoms with Crippen molar-refractivity contribution in [2.24, 2.45) is 5.14 Å². The van der Waals surface area contributed by atoms with E-state index in [1.165, 1.54) is 19.1 Å². The lowest BCUT2D eigenvalue weighted by molar-refractivity contribution is 0.0740. The summed E-state index contributed by atoms with van der Waals surface area (Å²) in [5.74, 6) is -1.84. The number of Topliss-reactive ketones (excluding diaryl/α,β-unsaturated/α-hetero) is 1. The molecule has 39 heavy (non-hydrogen) atoms. The van der Waals surface area contributed by atoms with Crippen molar-refractivity contribution in [2.45, 2.75) is 32.7 Å². The summed E-state index contributed by atoms with van der Waals surface area (Å²) in [6.07, 6.45) is -1.85. The maximum atomic E-state index is 13.7. The second-order valence-corrected chi connectivity index (χ2v) is 11.4. The number of carbonyl (C=O) groups is 2. The molecule has 2 aromatic carbocycles. The Balaban J connectivity index is 1.95. The summed E-state index contributed by atoms with van der Waals surface area (Å²) >= 11 is 0.550. The summed E-state index contributed by atoms with van der Waals surface area (Å²) < 4.78 is 60.9. The predicted molar refractivity (Wildman–Crippen MR) is 143 cm³/mol. The largest absolute Gasteiger partial charge is 0.496 e. The first-order chi connectivity index (χ1) is 18.4. The zero-order chi connectivity index (χ0) is 28.7. The van der Waals surface area contributed by atoms with Crippen LogP contribution in [-0.2, 0) is 23.0 Å². The third-order valence-corrected chi connectivity index (χ3v) is 7.55. The van der Waals surface area contributed by atoms with Crippen LogP contribution in [-0.4, -0.2) is 56.5 Å². The molecule has 3 aromatic rings. The lowest BCUT2D eigenvalue weighted by Gasteiger charge is -2.23. The van der Waals surface area contributed by atoms with Gasteiger partial charge in [-0.3, -0.25) is 9.59 Å². The summed E-state index contributed by atoms with van der Waals surface area (Å²) in [5, 5.41) is 4.98. The smallest absolute Gasteiger partial charge is 0.275 e. The van der Waals surface area contributed by atoms with Gasteiger partial charge in [-0.05, 0) is 37.5 Å². The van der Waals surface area contributed by atoms with E-state index in [9.17, 15) is 26.8 Å². The Morgan fingerprint density at radius 3 is 2.26 bits per heavy atom. The number of rotatable bonds is 13. The Hall–Kier alpha value is -3.42. The molecule has 0 aliphatic rings. The number of nitrogens with zero attached hydrogens (tertiary/aromatic N) is 2. The van der Waals surface area contributed by atoms with Crippen LogP contribution in [0, 0.1) is 6.92 Å². The van der Waals surface area contributed by atoms with Crippen molar-refractivity contribution in [3.05, 3.63) is 74.7 Å². The zero-order valence-electron chi connectivity index (χ0n) is 21.6. The molecule has 9 nitrogen and oxygen atoms in total. The highest BCUT2D eigenvalue weighted by atomic mass is 32.2. The van der Waals surface area contributed by atoms with Gasteiger partial charge in [-0.25, -0.2) is 27.3 Å². The van der Waals surface area contributed by atoms with E-state index in [-0.39, 0.29) is 23.7 Å². The molecule has 1 aromatic heterocycles. The number of primary sulfonamides is 1. The van der Waals surface area contributed by atoms with Gasteiger partial charge in [0.25, 0.3) is 12.3 Å². The van der Waals surface area contributed by atoms with Crippen molar-refractivity contribution in [1.82, 2.24) is 9.88 Å². The molecule has 0 spiro atoms. The number of thiazole rings is 1. The molecule has 1 amide bonds. The molecule has 13 heteroatoms. The van der Waals surface area contributed by atoms with E-state index in [1.807, 2.05) is 30.3 Å². The van der Waals surface area contributed by atoms with Crippen LogP contribution >= 0.6 is 11.3 Å². The monoisotopic (exact) mass is 581 g/mol. The Morgan fingerprint density at radius 2 is 1.72 bits per heavy atom. The van der Waals surface area contributed by atoms with Crippen LogP contribution in [0.5, 0.6) is 11.5 Å². The van der Waals surface area contributed by atoms with E-state index < -0.39 is 44.5 Å². The van der Waals surface area contributed by atoms with E-state index >= 15 is 0 Å². The minimum atomic E-state index is -4.25. The van der Waals surface area contributed by atoms with Crippen molar-refractivity contribution in [3.63, 3.8) is 0 Å². The molecule has 0 unspecified atom stereocenters. The molecule has 1 heterocycles. The highest BCUT2D eigenvalue weighted by Crippen LogP contribution is 2.32. The van der Waals surface area contributed by atoms with Crippen molar-refractivity contribution in [2.75, 3.05) is 26.5 Å². The van der Waals surface area contributed by atoms with Gasteiger partial charge in [-0.2, -0.15) is 0 Å². The van der Waals surface area contributed by atoms with Gasteiger partial charge in [-0.1, -0.05) is 30.3 Å². The van der Waals surface area contributed by atoms with Gasteiger partial charge in [0.15, 0.2) is 5.78 Å². The molecule has 0 bridgehead atoms. The summed E-state index contributed by atoms with van der Waals surface area (Å²) in [5.41, 5.74) is 1.36. The number of alkyl halides is 2. The SMILES string of the molecule is COc1cc(C(=O)N(CCCc2ccccc2)Cc2nc(C(=O)CS(N)(=O)=O)c(C(F)F)s2)cc(OC)c1C. The number of ether oxygens (including phenoxy) is 2. The summed E-state index contributed by atoms with van der Waals surface area (Å²) in [7, 11) is -1.32. The quantitative estimate of drug-likeness (QED) is 0.300. The number of nitrogens with two attached hydrogens (primary N) is 1. The first kappa shape index (κ1) is 30.1. The van der Waals surface area contributed by atoms with Gasteiger partial charge in [0, 0.05) is 17.7 Å². The minimum Gasteiger partial charge on any atom is -0.496 e. The fourth-order valence-corrected chi connectivity index (χ4v) is 5.43. The number of hydrogen-bond donors (Lipinski definition) is 1. The molecule has 0 aliphatic carbocycles. The van der Waals surface area contributed by atoms with Crippen LogP contribution in [0.2, 0.25) is 0 Å². The van der Waals surface area contributed by atoms with Crippen LogP contribution in [0.3, 0.4) is 0 Å². The van der Waals surface area contributed by atoms with E-state index in [0.29, 0.717) is 41.2 Å². The number of sulfonamides is 1. The third-order valence-electron chi connectivity index (χ3n) is 5.84. The highest BCUT2D eigenvalue weighted by Gasteiger charge is 2.28. The van der Waals surface area contributed by atoms with E-state index in [2.05, 4.69) is 4.98 Å². The lowest BCUT2D eigenvalue weighted by Crippen LogP contribution is -2.32. The first-order valence-corrected chi connectivity index (χ1v) is 14.3. The van der Waals surface area contributed by atoms with Crippen molar-refractivity contribution in [1.29, 1.82) is 0 Å². The van der Waals surface area contributed by atoms with Gasteiger partial charge in [-0.15, -0.1) is 11.3 Å². The summed E-state index contributed by atoms with van der Waals surface area (Å²) in [4.78, 5) is 30.8. The molecule has 2 N–H and O–H groups in total. The maximum absolute atomic E-state index is 13.7. The van der Waals surface area contributed by atoms with Crippen LogP contribution in [0.25, 0.3) is 0 Å². The van der Waals surface area contributed by atoms with Gasteiger partial charge in [0.2, 0.25) is 10.0 Å². The summed E-state index contributed by atoms with van der Waals surface area (Å²) in [6, 6.07) is 12.8. The number of halogens is 2. The average molecular weight is 582 g/mol. The minimum absolute atomic E-state index is 0.0576. The number of aryl methyl sites for hydroxylation is 1. The molecule has 3 rings (SSSR count). The van der Waals surface area contributed by atoms with Crippen LogP contribution < -0.4 is 14.6 Å². The molecular formula is C26H29F2N3O6S2. The lowest BCUT2D eigenvalue weighted by atomic mass is 10.1. The van der Waals surface area contributed by atoms with Crippen LogP contribution in [0.4, 0.5) is 8.78 Å². The number of hydrogen-bond acceptors (Lipinski definition) is 8. The standard InChI is InChI=1S/C26H29F2N3O6S2/c1-16-20(36-2)12-18(13-21(16)37-3)26(33)31(11-7-10-17-8-5-4-6-9-17)14-22-30-23(24(38-22)25(27)28)19(32)15-39(29,34)35/h4-6,8-9,12-13,25H,7,10-11,14-15H2,1-3H3,(H2,29,34,35). The molecule has 0 saturated carbocycles. The molecule has 210 valence electrons. The molecule has 0 saturated heterocycles. The number of carbonyl (C=O) groups excluding carboxylic acids is 2. The van der Waals surface area contributed by atoms with Gasteiger partial charge < -0.3 is 14.4 Å². The molecule has 0 aliphatic heterocycles. The van der Waals surface area contributed by atoms with E-state index in [1.54, 1.807) is 19.1 Å². The Kier molecular flexibility index (Phi) is 10.1. The fraction of sp³-hybridized carbons (Fsp3) is 0.346. The highest BCUT2D eigenvalue weighted by molar-refractivity contribution is 7.89. The maximum Gasteiger partial charge on any atom is 0.275 e. The van der Waals surface area contributed by atoms with E-state index in [4.69, 9.17) is 14.6 Å². The number of amides is 1.